The zero-order chi connectivity index (χ0) is 8.69. The number of hydrogen-bond donors (Lipinski definition) is 1. The Labute approximate surface area is 65.8 Å². The van der Waals surface area contributed by atoms with Crippen LogP contribution in [0.1, 0.15) is 12.8 Å². The second-order valence-electron chi connectivity index (χ2n) is 2.06. The summed E-state index contributed by atoms with van der Waals surface area (Å²) in [4.78, 5) is 21.5. The van der Waals surface area contributed by atoms with Crippen LogP contribution in [0.5, 0.6) is 0 Å². The summed E-state index contributed by atoms with van der Waals surface area (Å²) in [5, 5.41) is 1.09. The number of primary amides is 2. The Morgan fingerprint density at radius 2 is 1.45 bits per heavy atom. The quantitative estimate of drug-likeness (QED) is 0.568. The number of amides is 2. The fourth-order valence-corrected chi connectivity index (χ4v) is 0.582. The highest BCUT2D eigenvalue weighted by Gasteiger charge is 2.09. The number of rotatable bonds is 4. The van der Waals surface area contributed by atoms with Crippen molar-refractivity contribution in [1.82, 2.24) is 0 Å². The van der Waals surface area contributed by atoms with Crippen LogP contribution in [-0.2, 0) is 9.59 Å². The van der Waals surface area contributed by atoms with E-state index in [1.54, 1.807) is 0 Å². The minimum absolute atomic E-state index is 0.202. The summed E-state index contributed by atoms with van der Waals surface area (Å²) in [5.74, 6) is -0.404. The summed E-state index contributed by atoms with van der Waals surface area (Å²) in [6, 6.07) is 0. The Morgan fingerprint density at radius 3 is 1.73 bits per heavy atom. The van der Waals surface area contributed by atoms with Gasteiger partial charge in [0.25, 0.3) is 0 Å². The van der Waals surface area contributed by atoms with Gasteiger partial charge in [0.05, 0.1) is 12.8 Å². The van der Waals surface area contributed by atoms with Crippen LogP contribution in [0.2, 0.25) is 0 Å². The molecule has 0 fully saturated rings. The largest absolute Gasteiger partial charge is 0.321 e. The molecule has 0 aromatic rings. The fourth-order valence-electron chi connectivity index (χ4n) is 0.582. The van der Waals surface area contributed by atoms with Crippen molar-refractivity contribution in [3.63, 3.8) is 0 Å². The van der Waals surface area contributed by atoms with Crippen molar-refractivity contribution in [1.29, 1.82) is 0 Å². The predicted octanol–water partition coefficient (Wildman–Crippen LogP) is -0.245. The van der Waals surface area contributed by atoms with E-state index in [0.717, 1.165) is 5.32 Å². The number of nitrogens with two attached hydrogens (primary N) is 1. The first kappa shape index (κ1) is 9.78. The SMILES string of the molecule is C=CCC(=O)[NH2+]C(=O)CC=C. The standard InChI is InChI=1S/C8H11NO2/c1-3-5-7(10)9-8(11)6-4-2/h3-4H,1-2,5-6H2,(H,9,10,11)/p+1. The van der Waals surface area contributed by atoms with Gasteiger partial charge >= 0.3 is 11.8 Å². The normalized spacial score (nSPS) is 8.73. The lowest BCUT2D eigenvalue weighted by Gasteiger charge is -1.91. The van der Waals surface area contributed by atoms with Crippen LogP contribution in [0, 0.1) is 0 Å². The predicted molar refractivity (Wildman–Crippen MR) is 41.6 cm³/mol. The van der Waals surface area contributed by atoms with Crippen molar-refractivity contribution in [3.05, 3.63) is 25.3 Å². The lowest BCUT2D eigenvalue weighted by molar-refractivity contribution is -0.486. The maximum absolute atomic E-state index is 10.7. The fraction of sp³-hybridized carbons (Fsp3) is 0.250. The zero-order valence-electron chi connectivity index (χ0n) is 6.38. The smallest absolute Gasteiger partial charge is 0.230 e. The third kappa shape index (κ3) is 5.24. The number of hydrogen-bond acceptors (Lipinski definition) is 2. The molecule has 0 atom stereocenters. The third-order valence-electron chi connectivity index (χ3n) is 1.01. The molecule has 2 N–H and O–H groups in total. The Morgan fingerprint density at radius 1 is 1.09 bits per heavy atom. The molecule has 0 bridgehead atoms. The van der Waals surface area contributed by atoms with Gasteiger partial charge in [0.1, 0.15) is 0 Å². The van der Waals surface area contributed by atoms with E-state index in [1.807, 2.05) is 0 Å². The summed E-state index contributed by atoms with van der Waals surface area (Å²) < 4.78 is 0. The van der Waals surface area contributed by atoms with Gasteiger partial charge < -0.3 is 0 Å². The first-order chi connectivity index (χ1) is 5.20. The van der Waals surface area contributed by atoms with Crippen molar-refractivity contribution >= 4 is 11.8 Å². The molecule has 3 heteroatoms. The average molecular weight is 154 g/mol. The molecular formula is C8H12NO2+. The maximum Gasteiger partial charge on any atom is 0.321 e. The van der Waals surface area contributed by atoms with Crippen molar-refractivity contribution in [2.24, 2.45) is 0 Å². The molecule has 0 spiro atoms. The lowest BCUT2D eigenvalue weighted by Crippen LogP contribution is -2.91. The second kappa shape index (κ2) is 5.56. The molecule has 0 saturated carbocycles. The van der Waals surface area contributed by atoms with Crippen LogP contribution >= 0.6 is 0 Å². The molecule has 0 aliphatic heterocycles. The first-order valence-electron chi connectivity index (χ1n) is 3.33. The minimum atomic E-state index is -0.202. The topological polar surface area (TPSA) is 50.8 Å². The zero-order valence-corrected chi connectivity index (χ0v) is 6.38. The van der Waals surface area contributed by atoms with Gasteiger partial charge in [-0.2, -0.15) is 0 Å². The van der Waals surface area contributed by atoms with Gasteiger partial charge in [-0.15, -0.1) is 13.2 Å². The van der Waals surface area contributed by atoms with E-state index < -0.39 is 0 Å². The molecule has 2 amide bonds. The molecule has 0 aromatic heterocycles. The van der Waals surface area contributed by atoms with Crippen LogP contribution in [0.3, 0.4) is 0 Å². The average Bonchev–Trinajstić information content (AvgIpc) is 1.87. The van der Waals surface area contributed by atoms with Crippen molar-refractivity contribution in [3.8, 4) is 0 Å². The number of carbonyl (C=O) groups is 2. The van der Waals surface area contributed by atoms with E-state index in [9.17, 15) is 9.59 Å². The van der Waals surface area contributed by atoms with Gasteiger partial charge in [-0.25, -0.2) is 14.9 Å². The van der Waals surface area contributed by atoms with Crippen LogP contribution in [0.4, 0.5) is 0 Å². The Balaban J connectivity index is 3.65. The lowest BCUT2D eigenvalue weighted by atomic mass is 10.3. The van der Waals surface area contributed by atoms with E-state index in [1.165, 1.54) is 12.2 Å². The van der Waals surface area contributed by atoms with Crippen molar-refractivity contribution < 1.29 is 14.9 Å². The van der Waals surface area contributed by atoms with Crippen molar-refractivity contribution in [2.45, 2.75) is 12.8 Å². The van der Waals surface area contributed by atoms with Gasteiger partial charge in [0, 0.05) is 0 Å². The van der Waals surface area contributed by atoms with E-state index in [4.69, 9.17) is 0 Å². The summed E-state index contributed by atoms with van der Waals surface area (Å²) >= 11 is 0. The highest BCUT2D eigenvalue weighted by atomic mass is 16.2. The van der Waals surface area contributed by atoms with Gasteiger partial charge in [-0.3, -0.25) is 0 Å². The summed E-state index contributed by atoms with van der Waals surface area (Å²) in [6.45, 7) is 6.76. The van der Waals surface area contributed by atoms with Gasteiger partial charge in [0.15, 0.2) is 0 Å². The molecule has 11 heavy (non-hydrogen) atoms. The second-order valence-corrected chi connectivity index (χ2v) is 2.06. The molecule has 0 heterocycles. The number of carbonyl (C=O) groups excluding carboxylic acids is 2. The molecule has 0 aromatic carbocycles. The first-order valence-corrected chi connectivity index (χ1v) is 3.33. The Bertz CT molecular complexity index is 165. The monoisotopic (exact) mass is 154 g/mol. The van der Waals surface area contributed by atoms with Gasteiger partial charge in [-0.1, -0.05) is 12.2 Å². The Kier molecular flexibility index (Phi) is 4.94. The van der Waals surface area contributed by atoms with Crippen molar-refractivity contribution in [2.75, 3.05) is 0 Å². The number of imide groups is 1. The molecular weight excluding hydrogens is 142 g/mol. The summed E-state index contributed by atoms with van der Waals surface area (Å²) in [6.07, 6.45) is 3.39. The summed E-state index contributed by atoms with van der Waals surface area (Å²) in [7, 11) is 0. The van der Waals surface area contributed by atoms with E-state index in [0.29, 0.717) is 0 Å². The van der Waals surface area contributed by atoms with Crippen LogP contribution in [-0.4, -0.2) is 11.8 Å². The molecule has 0 aliphatic rings. The minimum Gasteiger partial charge on any atom is -0.230 e. The maximum atomic E-state index is 10.7. The van der Waals surface area contributed by atoms with Gasteiger partial charge in [-0.05, 0) is 0 Å². The molecule has 0 aliphatic carbocycles. The molecule has 60 valence electrons. The summed E-state index contributed by atoms with van der Waals surface area (Å²) in [5.41, 5.74) is 0. The van der Waals surface area contributed by atoms with Crippen LogP contribution in [0.25, 0.3) is 0 Å². The molecule has 0 rings (SSSR count). The highest BCUT2D eigenvalue weighted by molar-refractivity contribution is 5.80. The molecule has 0 unspecified atom stereocenters. The van der Waals surface area contributed by atoms with Crippen LogP contribution < -0.4 is 5.32 Å². The highest BCUT2D eigenvalue weighted by Crippen LogP contribution is 1.75. The van der Waals surface area contributed by atoms with Crippen LogP contribution in [0.15, 0.2) is 25.3 Å². The Hall–Kier alpha value is -1.22. The number of quaternary nitrogens is 1. The van der Waals surface area contributed by atoms with E-state index in [-0.39, 0.29) is 24.7 Å². The molecule has 0 radical (unpaired) electrons. The van der Waals surface area contributed by atoms with Gasteiger partial charge in [0.2, 0.25) is 0 Å². The van der Waals surface area contributed by atoms with E-state index >= 15 is 0 Å². The molecule has 3 nitrogen and oxygen atoms in total. The third-order valence-corrected chi connectivity index (χ3v) is 1.01. The molecule has 0 saturated heterocycles. The van der Waals surface area contributed by atoms with E-state index in [2.05, 4.69) is 13.2 Å².